The predicted molar refractivity (Wildman–Crippen MR) is 83.8 cm³/mol. The summed E-state index contributed by atoms with van der Waals surface area (Å²) in [4.78, 5) is 8.68. The lowest BCUT2D eigenvalue weighted by Crippen LogP contribution is -2.26. The molecule has 5 heteroatoms. The zero-order valence-electron chi connectivity index (χ0n) is 13.6. The van der Waals surface area contributed by atoms with E-state index in [4.69, 9.17) is 10.5 Å². The number of nitrogens with zero attached hydrogens (tertiary/aromatic N) is 3. The number of hydrogen-bond acceptors (Lipinski definition) is 4. The summed E-state index contributed by atoms with van der Waals surface area (Å²) < 4.78 is 7.79. The summed E-state index contributed by atoms with van der Waals surface area (Å²) >= 11 is 0. The molecular formula is C15H26N4O. The molecule has 0 bridgehead atoms. The van der Waals surface area contributed by atoms with Crippen LogP contribution in [0, 0.1) is 0 Å². The van der Waals surface area contributed by atoms with Crippen LogP contribution in [0.1, 0.15) is 54.2 Å². The second-order valence-electron chi connectivity index (χ2n) is 6.65. The maximum Gasteiger partial charge on any atom is 0.244 e. The number of allylic oxidation sites excluding steroid dienone is 1. The van der Waals surface area contributed by atoms with Gasteiger partial charge in [0, 0.05) is 11.7 Å². The third-order valence-electron chi connectivity index (χ3n) is 2.47. The Hall–Kier alpha value is -1.78. The minimum absolute atomic E-state index is 0.136. The van der Waals surface area contributed by atoms with E-state index in [1.807, 2.05) is 38.3 Å². The Morgan fingerprint density at radius 1 is 1.30 bits per heavy atom. The van der Waals surface area contributed by atoms with E-state index >= 15 is 0 Å². The highest BCUT2D eigenvalue weighted by Crippen LogP contribution is 2.23. The molecule has 1 rings (SSSR count). The quantitative estimate of drug-likeness (QED) is 0.666. The Morgan fingerprint density at radius 3 is 2.30 bits per heavy atom. The molecule has 0 aliphatic rings. The van der Waals surface area contributed by atoms with Gasteiger partial charge in [-0.05, 0) is 48.5 Å². The number of nitrogen functional groups attached to an aromatic ring is 1. The molecule has 1 heterocycles. The molecule has 0 unspecified atom stereocenters. The van der Waals surface area contributed by atoms with Crippen LogP contribution in [0.25, 0.3) is 0 Å². The lowest BCUT2D eigenvalue weighted by atomic mass is 10.1. The first-order valence-corrected chi connectivity index (χ1v) is 6.78. The molecule has 0 saturated carbocycles. The Morgan fingerprint density at radius 2 is 1.90 bits per heavy atom. The Bertz CT molecular complexity index is 513. The Balaban J connectivity index is 3.26. The van der Waals surface area contributed by atoms with Crippen LogP contribution in [0.2, 0.25) is 0 Å². The minimum atomic E-state index is -0.363. The molecule has 112 valence electrons. The highest BCUT2D eigenvalue weighted by molar-refractivity contribution is 5.97. The van der Waals surface area contributed by atoms with Crippen molar-refractivity contribution in [2.75, 3.05) is 5.73 Å². The predicted octanol–water partition coefficient (Wildman–Crippen LogP) is 3.32. The van der Waals surface area contributed by atoms with Crippen LogP contribution >= 0.6 is 0 Å². The van der Waals surface area contributed by atoms with Crippen molar-refractivity contribution in [3.05, 3.63) is 24.3 Å². The monoisotopic (exact) mass is 278 g/mol. The van der Waals surface area contributed by atoms with Gasteiger partial charge >= 0.3 is 0 Å². The third kappa shape index (κ3) is 4.11. The average molecular weight is 278 g/mol. The van der Waals surface area contributed by atoms with E-state index in [1.165, 1.54) is 0 Å². The van der Waals surface area contributed by atoms with Gasteiger partial charge in [0.2, 0.25) is 5.90 Å². The molecule has 0 spiro atoms. The van der Waals surface area contributed by atoms with E-state index in [1.54, 1.807) is 12.5 Å². The maximum absolute atomic E-state index is 6.20. The molecule has 0 atom stereocenters. The summed E-state index contributed by atoms with van der Waals surface area (Å²) in [7, 11) is 0. The first-order chi connectivity index (χ1) is 9.06. The van der Waals surface area contributed by atoms with Crippen LogP contribution in [0.3, 0.4) is 0 Å². The zero-order valence-corrected chi connectivity index (χ0v) is 13.6. The van der Waals surface area contributed by atoms with Crippen molar-refractivity contribution < 1.29 is 4.74 Å². The van der Waals surface area contributed by atoms with Gasteiger partial charge in [-0.1, -0.05) is 6.08 Å². The standard InChI is InChI=1S/C15H26N4O/c1-8-9-17-13(20-15(5,6)7)11-12(16)19(10-18-11)14(2,3)4/h8-10H,16H2,1-7H3/b9-8-,17-13+. The van der Waals surface area contributed by atoms with Crippen LogP contribution in [0.5, 0.6) is 0 Å². The summed E-state index contributed by atoms with van der Waals surface area (Å²) in [6.45, 7) is 14.0. The molecule has 5 nitrogen and oxygen atoms in total. The largest absolute Gasteiger partial charge is 0.470 e. The van der Waals surface area contributed by atoms with Crippen molar-refractivity contribution in [3.8, 4) is 0 Å². The second-order valence-corrected chi connectivity index (χ2v) is 6.65. The van der Waals surface area contributed by atoms with Crippen LogP contribution in [-0.2, 0) is 10.3 Å². The van der Waals surface area contributed by atoms with E-state index in [2.05, 4.69) is 30.7 Å². The fourth-order valence-corrected chi connectivity index (χ4v) is 1.63. The van der Waals surface area contributed by atoms with Gasteiger partial charge in [-0.2, -0.15) is 0 Å². The number of nitrogens with two attached hydrogens (primary N) is 1. The Labute approximate surface area is 121 Å². The van der Waals surface area contributed by atoms with Crippen molar-refractivity contribution >= 4 is 11.7 Å². The third-order valence-corrected chi connectivity index (χ3v) is 2.47. The van der Waals surface area contributed by atoms with Crippen molar-refractivity contribution in [2.45, 2.75) is 59.6 Å². The minimum Gasteiger partial charge on any atom is -0.470 e. The molecule has 0 radical (unpaired) electrons. The number of rotatable bonds is 2. The van der Waals surface area contributed by atoms with E-state index in [0.717, 1.165) is 0 Å². The molecule has 0 amide bonds. The molecular weight excluding hydrogens is 252 g/mol. The smallest absolute Gasteiger partial charge is 0.244 e. The summed E-state index contributed by atoms with van der Waals surface area (Å²) in [6, 6.07) is 0. The molecule has 0 saturated heterocycles. The van der Waals surface area contributed by atoms with Gasteiger partial charge in [0.05, 0.1) is 6.33 Å². The molecule has 20 heavy (non-hydrogen) atoms. The number of hydrogen-bond donors (Lipinski definition) is 1. The van der Waals surface area contributed by atoms with Crippen molar-refractivity contribution in [2.24, 2.45) is 4.99 Å². The van der Waals surface area contributed by atoms with Crippen LogP contribution in [-0.4, -0.2) is 21.0 Å². The lowest BCUT2D eigenvalue weighted by Gasteiger charge is -2.23. The Kier molecular flexibility index (Phi) is 4.63. The maximum atomic E-state index is 6.20. The van der Waals surface area contributed by atoms with E-state index in [0.29, 0.717) is 17.4 Å². The normalized spacial score (nSPS) is 14.1. The zero-order chi connectivity index (χ0) is 15.6. The second kappa shape index (κ2) is 5.69. The van der Waals surface area contributed by atoms with Crippen LogP contribution in [0.15, 0.2) is 23.6 Å². The first-order valence-electron chi connectivity index (χ1n) is 6.78. The van der Waals surface area contributed by atoms with Crippen molar-refractivity contribution in [1.82, 2.24) is 9.55 Å². The summed E-state index contributed by atoms with van der Waals surface area (Å²) in [5.74, 6) is 1.00. The number of aliphatic imine (C=N–C) groups is 1. The molecule has 0 aromatic carbocycles. The molecule has 2 N–H and O–H groups in total. The molecule has 1 aromatic heterocycles. The van der Waals surface area contributed by atoms with Gasteiger partial charge in [-0.3, -0.25) is 0 Å². The van der Waals surface area contributed by atoms with Crippen molar-refractivity contribution in [3.63, 3.8) is 0 Å². The van der Waals surface area contributed by atoms with Gasteiger partial charge < -0.3 is 15.0 Å². The summed E-state index contributed by atoms with van der Waals surface area (Å²) in [6.07, 6.45) is 5.24. The number of ether oxygens (including phenoxy) is 1. The van der Waals surface area contributed by atoms with Gasteiger partial charge in [-0.25, -0.2) is 9.98 Å². The SMILES string of the molecule is C/C=C\N=C(\OC(C)(C)C)c1ncn(C(C)(C)C)c1N. The van der Waals surface area contributed by atoms with Gasteiger partial charge in [0.15, 0.2) is 5.69 Å². The molecule has 0 aliphatic heterocycles. The number of aromatic nitrogens is 2. The first kappa shape index (κ1) is 16.3. The van der Waals surface area contributed by atoms with E-state index < -0.39 is 0 Å². The van der Waals surface area contributed by atoms with Gasteiger partial charge in [-0.15, -0.1) is 0 Å². The summed E-state index contributed by atoms with van der Waals surface area (Å²) in [5.41, 5.74) is 6.27. The van der Waals surface area contributed by atoms with E-state index in [-0.39, 0.29) is 11.1 Å². The molecule has 0 aliphatic carbocycles. The molecule has 1 aromatic rings. The summed E-state index contributed by atoms with van der Waals surface area (Å²) in [5, 5.41) is 0. The number of anilines is 1. The van der Waals surface area contributed by atoms with Gasteiger partial charge in [0.25, 0.3) is 0 Å². The fraction of sp³-hybridized carbons (Fsp3) is 0.600. The van der Waals surface area contributed by atoms with Crippen LogP contribution < -0.4 is 5.73 Å². The highest BCUT2D eigenvalue weighted by atomic mass is 16.5. The van der Waals surface area contributed by atoms with E-state index in [9.17, 15) is 0 Å². The lowest BCUT2D eigenvalue weighted by molar-refractivity contribution is 0.117. The fourth-order valence-electron chi connectivity index (χ4n) is 1.63. The van der Waals surface area contributed by atoms with Gasteiger partial charge in [0.1, 0.15) is 11.4 Å². The average Bonchev–Trinajstić information content (AvgIpc) is 2.64. The van der Waals surface area contributed by atoms with Crippen molar-refractivity contribution in [1.29, 1.82) is 0 Å². The topological polar surface area (TPSA) is 65.4 Å². The van der Waals surface area contributed by atoms with Crippen LogP contribution in [0.4, 0.5) is 5.82 Å². The number of imidazole rings is 1. The molecule has 0 fully saturated rings. The highest BCUT2D eigenvalue weighted by Gasteiger charge is 2.24.